The van der Waals surface area contributed by atoms with E-state index in [9.17, 15) is 0 Å². The topological polar surface area (TPSA) is 60.3 Å². The van der Waals surface area contributed by atoms with Crippen molar-refractivity contribution in [1.82, 2.24) is 4.98 Å². The molecule has 0 spiro atoms. The first kappa shape index (κ1) is 19.1. The van der Waals surface area contributed by atoms with E-state index in [0.29, 0.717) is 23.1 Å². The molecule has 3 N–H and O–H groups in total. The summed E-state index contributed by atoms with van der Waals surface area (Å²) < 4.78 is 11.8. The molecule has 0 radical (unpaired) electrons. The van der Waals surface area contributed by atoms with Crippen LogP contribution in [0.4, 0.5) is 0 Å². The Hall–Kier alpha value is -1.69. The summed E-state index contributed by atoms with van der Waals surface area (Å²) in [6, 6.07) is 9.87. The van der Waals surface area contributed by atoms with Crippen molar-refractivity contribution in [3.8, 4) is 22.8 Å². The van der Waals surface area contributed by atoms with E-state index in [1.54, 1.807) is 14.2 Å². The van der Waals surface area contributed by atoms with E-state index in [1.165, 1.54) is 5.56 Å². The second kappa shape index (κ2) is 8.33. The highest BCUT2D eigenvalue weighted by Gasteiger charge is 2.17. The molecule has 1 heterocycles. The fraction of sp³-hybridized carbons (Fsp3) is 0.300. The van der Waals surface area contributed by atoms with Crippen LogP contribution in [-0.2, 0) is 6.42 Å². The van der Waals surface area contributed by atoms with Gasteiger partial charge in [0.15, 0.2) is 11.5 Å². The van der Waals surface area contributed by atoms with Crippen molar-refractivity contribution in [3.05, 3.63) is 45.4 Å². The van der Waals surface area contributed by atoms with Crippen LogP contribution in [0.5, 0.6) is 11.5 Å². The molecule has 0 aliphatic rings. The van der Waals surface area contributed by atoms with Gasteiger partial charge in [0.25, 0.3) is 0 Å². The molecule has 1 aromatic heterocycles. The fourth-order valence-corrected chi connectivity index (χ4v) is 4.13. The second-order valence-electron chi connectivity index (χ2n) is 6.10. The summed E-state index contributed by atoms with van der Waals surface area (Å²) >= 11 is 9.92. The van der Waals surface area contributed by atoms with Gasteiger partial charge < -0.3 is 20.2 Å². The molecule has 0 aliphatic heterocycles. The van der Waals surface area contributed by atoms with Crippen LogP contribution in [0.1, 0.15) is 18.4 Å². The molecule has 2 aromatic carbocycles. The molecule has 3 rings (SSSR count). The molecule has 3 aromatic rings. The lowest BCUT2D eigenvalue weighted by atomic mass is 10.00. The van der Waals surface area contributed by atoms with Gasteiger partial charge in [0, 0.05) is 26.1 Å². The summed E-state index contributed by atoms with van der Waals surface area (Å²) in [6.45, 7) is 0.693. The minimum Gasteiger partial charge on any atom is -0.493 e. The van der Waals surface area contributed by atoms with Gasteiger partial charge in [-0.05, 0) is 77.6 Å². The van der Waals surface area contributed by atoms with E-state index in [2.05, 4.69) is 20.9 Å². The van der Waals surface area contributed by atoms with Crippen LogP contribution in [0.15, 0.2) is 34.8 Å². The van der Waals surface area contributed by atoms with Crippen LogP contribution in [0, 0.1) is 0 Å². The maximum atomic E-state index is 6.30. The lowest BCUT2D eigenvalue weighted by molar-refractivity contribution is 0.355. The Bertz CT molecular complexity index is 924. The molecule has 138 valence electrons. The van der Waals surface area contributed by atoms with E-state index in [1.807, 2.05) is 30.3 Å². The molecule has 26 heavy (non-hydrogen) atoms. The zero-order valence-corrected chi connectivity index (χ0v) is 17.2. The number of hydrogen-bond donors (Lipinski definition) is 2. The molecular formula is C20H22BrClN2O2. The second-order valence-corrected chi connectivity index (χ2v) is 7.40. The van der Waals surface area contributed by atoms with Gasteiger partial charge in [-0.2, -0.15) is 0 Å². The van der Waals surface area contributed by atoms with Crippen LogP contribution < -0.4 is 15.2 Å². The number of methoxy groups -OCH3 is 2. The first-order chi connectivity index (χ1) is 12.6. The third-order valence-corrected chi connectivity index (χ3v) is 5.33. The van der Waals surface area contributed by atoms with E-state index in [-0.39, 0.29) is 0 Å². The predicted molar refractivity (Wildman–Crippen MR) is 112 cm³/mol. The Kier molecular flexibility index (Phi) is 6.12. The minimum atomic E-state index is 0.693. The van der Waals surface area contributed by atoms with Crippen LogP contribution in [0.25, 0.3) is 22.2 Å². The first-order valence-electron chi connectivity index (χ1n) is 8.51. The summed E-state index contributed by atoms with van der Waals surface area (Å²) in [7, 11) is 3.28. The number of benzene rings is 2. The Morgan fingerprint density at radius 1 is 1.08 bits per heavy atom. The highest BCUT2D eigenvalue weighted by Crippen LogP contribution is 2.39. The number of aromatic nitrogens is 1. The molecule has 0 amide bonds. The number of aromatic amines is 1. The molecule has 4 nitrogen and oxygen atoms in total. The quantitative estimate of drug-likeness (QED) is 0.476. The molecular weight excluding hydrogens is 416 g/mol. The normalized spacial score (nSPS) is 11.1. The maximum Gasteiger partial charge on any atom is 0.161 e. The Labute approximate surface area is 166 Å². The van der Waals surface area contributed by atoms with Gasteiger partial charge in [0.2, 0.25) is 0 Å². The van der Waals surface area contributed by atoms with Crippen molar-refractivity contribution in [1.29, 1.82) is 0 Å². The number of H-pyrrole nitrogens is 1. The standard InChI is InChI=1S/C20H22BrClN2O2/c1-25-17-7-6-12(9-18(17)26-2)19-14(5-3-4-8-23)15-10-13(22)11-16(21)20(15)24-19/h6-7,9-11,24H,3-5,8,23H2,1-2H3. The molecule has 0 unspecified atom stereocenters. The average Bonchev–Trinajstić information content (AvgIpc) is 3.00. The van der Waals surface area contributed by atoms with Gasteiger partial charge in [0.05, 0.1) is 19.7 Å². The smallest absolute Gasteiger partial charge is 0.161 e. The number of nitrogens with two attached hydrogens (primary N) is 1. The molecule has 0 aliphatic carbocycles. The van der Waals surface area contributed by atoms with Gasteiger partial charge in [-0.25, -0.2) is 0 Å². The fourth-order valence-electron chi connectivity index (χ4n) is 3.22. The largest absolute Gasteiger partial charge is 0.493 e. The number of ether oxygens (including phenoxy) is 2. The zero-order valence-electron chi connectivity index (χ0n) is 14.9. The summed E-state index contributed by atoms with van der Waals surface area (Å²) in [6.07, 6.45) is 2.93. The lowest BCUT2D eigenvalue weighted by Gasteiger charge is -2.10. The molecule has 0 fully saturated rings. The summed E-state index contributed by atoms with van der Waals surface area (Å²) in [4.78, 5) is 3.56. The Morgan fingerprint density at radius 2 is 1.85 bits per heavy atom. The molecule has 0 bridgehead atoms. The van der Waals surface area contributed by atoms with E-state index in [0.717, 1.165) is 45.9 Å². The van der Waals surface area contributed by atoms with Gasteiger partial charge in [-0.1, -0.05) is 11.6 Å². The summed E-state index contributed by atoms with van der Waals surface area (Å²) in [5.41, 5.74) is 10.1. The van der Waals surface area contributed by atoms with Crippen molar-refractivity contribution in [2.24, 2.45) is 5.73 Å². The Morgan fingerprint density at radius 3 is 2.54 bits per heavy atom. The van der Waals surface area contributed by atoms with Gasteiger partial charge >= 0.3 is 0 Å². The van der Waals surface area contributed by atoms with Crippen LogP contribution in [-0.4, -0.2) is 25.7 Å². The van der Waals surface area contributed by atoms with E-state index in [4.69, 9.17) is 26.8 Å². The predicted octanol–water partition coefficient (Wildman–Crippen LogP) is 5.55. The SMILES string of the molecule is COc1ccc(-c2[nH]c3c(Br)cc(Cl)cc3c2CCCCN)cc1OC. The molecule has 0 saturated heterocycles. The lowest BCUT2D eigenvalue weighted by Crippen LogP contribution is -1.99. The van der Waals surface area contributed by atoms with Crippen LogP contribution in [0.2, 0.25) is 5.02 Å². The van der Waals surface area contributed by atoms with Crippen molar-refractivity contribution in [2.75, 3.05) is 20.8 Å². The monoisotopic (exact) mass is 436 g/mol. The van der Waals surface area contributed by atoms with Gasteiger partial charge in [-0.3, -0.25) is 0 Å². The van der Waals surface area contributed by atoms with Crippen molar-refractivity contribution >= 4 is 38.4 Å². The number of unbranched alkanes of at least 4 members (excludes halogenated alkanes) is 1. The zero-order chi connectivity index (χ0) is 18.7. The average molecular weight is 438 g/mol. The van der Waals surface area contributed by atoms with E-state index < -0.39 is 0 Å². The number of aryl methyl sites for hydroxylation is 1. The maximum absolute atomic E-state index is 6.30. The molecule has 6 heteroatoms. The number of fused-ring (bicyclic) bond motifs is 1. The van der Waals surface area contributed by atoms with Crippen molar-refractivity contribution < 1.29 is 9.47 Å². The first-order valence-corrected chi connectivity index (χ1v) is 9.68. The third kappa shape index (κ3) is 3.70. The van der Waals surface area contributed by atoms with Crippen molar-refractivity contribution in [3.63, 3.8) is 0 Å². The van der Waals surface area contributed by atoms with Gasteiger partial charge in [0.1, 0.15) is 0 Å². The van der Waals surface area contributed by atoms with Crippen molar-refractivity contribution in [2.45, 2.75) is 19.3 Å². The van der Waals surface area contributed by atoms with Crippen LogP contribution >= 0.6 is 27.5 Å². The number of nitrogens with one attached hydrogen (secondary N) is 1. The minimum absolute atomic E-state index is 0.693. The van der Waals surface area contributed by atoms with Gasteiger partial charge in [-0.15, -0.1) is 0 Å². The van der Waals surface area contributed by atoms with E-state index >= 15 is 0 Å². The number of halogens is 2. The highest BCUT2D eigenvalue weighted by molar-refractivity contribution is 9.10. The summed E-state index contributed by atoms with van der Waals surface area (Å²) in [5.74, 6) is 1.41. The Balaban J connectivity index is 2.17. The molecule has 0 saturated carbocycles. The number of hydrogen-bond acceptors (Lipinski definition) is 3. The molecule has 0 atom stereocenters. The summed E-state index contributed by atoms with van der Waals surface area (Å²) in [5, 5.41) is 1.84. The van der Waals surface area contributed by atoms with Crippen LogP contribution in [0.3, 0.4) is 0 Å². The highest BCUT2D eigenvalue weighted by atomic mass is 79.9. The third-order valence-electron chi connectivity index (χ3n) is 4.49. The number of rotatable bonds is 7.